The maximum atomic E-state index is 10.5. The van der Waals surface area contributed by atoms with Crippen LogP contribution in [-0.2, 0) is 17.6 Å². The molecule has 94 valence electrons. The Morgan fingerprint density at radius 2 is 2.11 bits per heavy atom. The summed E-state index contributed by atoms with van der Waals surface area (Å²) in [7, 11) is 1.87. The van der Waals surface area contributed by atoms with Gasteiger partial charge in [-0.1, -0.05) is 30.3 Å². The van der Waals surface area contributed by atoms with Crippen molar-refractivity contribution in [3.8, 4) is 11.3 Å². The molecule has 0 bridgehead atoms. The Kier molecular flexibility index (Phi) is 4.04. The van der Waals surface area contributed by atoms with Crippen molar-refractivity contribution in [2.75, 3.05) is 5.75 Å². The maximum Gasteiger partial charge on any atom is 0.313 e. The van der Waals surface area contributed by atoms with Gasteiger partial charge in [-0.25, -0.2) is 0 Å². The number of rotatable bonds is 5. The SMILES string of the molecule is Cn1cc(CSCC(=O)O)c(-c2ccccc2)n1. The molecule has 5 heteroatoms. The molecule has 0 saturated heterocycles. The lowest BCUT2D eigenvalue weighted by molar-refractivity contribution is -0.133. The Balaban J connectivity index is 2.18. The number of thioether (sulfide) groups is 1. The third kappa shape index (κ3) is 3.13. The van der Waals surface area contributed by atoms with E-state index in [0.717, 1.165) is 16.8 Å². The molecule has 2 rings (SSSR count). The second-order valence-corrected chi connectivity index (χ2v) is 4.91. The molecule has 0 radical (unpaired) electrons. The first kappa shape index (κ1) is 12.7. The Morgan fingerprint density at radius 1 is 1.39 bits per heavy atom. The molecule has 1 aromatic carbocycles. The fourth-order valence-corrected chi connectivity index (χ4v) is 2.44. The summed E-state index contributed by atoms with van der Waals surface area (Å²) in [5.74, 6) is -0.0156. The van der Waals surface area contributed by atoms with Gasteiger partial charge in [0, 0.05) is 30.1 Å². The number of hydrogen-bond acceptors (Lipinski definition) is 3. The minimum Gasteiger partial charge on any atom is -0.481 e. The Morgan fingerprint density at radius 3 is 2.78 bits per heavy atom. The van der Waals surface area contributed by atoms with Crippen LogP contribution in [-0.4, -0.2) is 26.6 Å². The van der Waals surface area contributed by atoms with Crippen molar-refractivity contribution in [1.82, 2.24) is 9.78 Å². The summed E-state index contributed by atoms with van der Waals surface area (Å²) in [6, 6.07) is 9.92. The van der Waals surface area contributed by atoms with E-state index in [1.54, 1.807) is 4.68 Å². The van der Waals surface area contributed by atoms with Crippen LogP contribution in [0.1, 0.15) is 5.56 Å². The molecule has 0 unspecified atom stereocenters. The minimum absolute atomic E-state index is 0.114. The van der Waals surface area contributed by atoms with Crippen molar-refractivity contribution in [2.24, 2.45) is 7.05 Å². The number of aryl methyl sites for hydroxylation is 1. The number of nitrogens with zero attached hydrogens (tertiary/aromatic N) is 2. The van der Waals surface area contributed by atoms with Crippen LogP contribution in [0.15, 0.2) is 36.5 Å². The van der Waals surface area contributed by atoms with E-state index in [1.165, 1.54) is 11.8 Å². The van der Waals surface area contributed by atoms with Crippen LogP contribution in [0.4, 0.5) is 0 Å². The molecule has 1 N–H and O–H groups in total. The molecule has 0 amide bonds. The van der Waals surface area contributed by atoms with Gasteiger partial charge < -0.3 is 5.11 Å². The monoisotopic (exact) mass is 262 g/mol. The standard InChI is InChI=1S/C13H14N2O2S/c1-15-7-11(8-18-9-12(16)17)13(14-15)10-5-3-2-4-6-10/h2-7H,8-9H2,1H3,(H,16,17). The van der Waals surface area contributed by atoms with E-state index in [-0.39, 0.29) is 5.75 Å². The zero-order chi connectivity index (χ0) is 13.0. The number of hydrogen-bond donors (Lipinski definition) is 1. The maximum absolute atomic E-state index is 10.5. The Hall–Kier alpha value is -1.75. The lowest BCUT2D eigenvalue weighted by Gasteiger charge is -2.01. The third-order valence-electron chi connectivity index (χ3n) is 2.43. The molecule has 0 saturated carbocycles. The summed E-state index contributed by atoms with van der Waals surface area (Å²) in [4.78, 5) is 10.5. The summed E-state index contributed by atoms with van der Waals surface area (Å²) in [6.07, 6.45) is 1.94. The van der Waals surface area contributed by atoms with Crippen LogP contribution in [0.5, 0.6) is 0 Å². The number of benzene rings is 1. The fourth-order valence-electron chi connectivity index (χ4n) is 1.73. The number of carboxylic acids is 1. The summed E-state index contributed by atoms with van der Waals surface area (Å²) in [5, 5.41) is 13.1. The minimum atomic E-state index is -0.787. The van der Waals surface area contributed by atoms with Crippen molar-refractivity contribution in [2.45, 2.75) is 5.75 Å². The number of aliphatic carboxylic acids is 1. The van der Waals surface area contributed by atoms with Gasteiger partial charge in [0.1, 0.15) is 0 Å². The van der Waals surface area contributed by atoms with Crippen molar-refractivity contribution in [1.29, 1.82) is 0 Å². The van der Waals surface area contributed by atoms with Crippen molar-refractivity contribution in [3.05, 3.63) is 42.1 Å². The highest BCUT2D eigenvalue weighted by Crippen LogP contribution is 2.24. The second-order valence-electron chi connectivity index (χ2n) is 3.93. The van der Waals surface area contributed by atoms with E-state index in [1.807, 2.05) is 43.6 Å². The first-order valence-electron chi connectivity index (χ1n) is 5.54. The van der Waals surface area contributed by atoms with Crippen LogP contribution >= 0.6 is 11.8 Å². The molecule has 1 heterocycles. The zero-order valence-corrected chi connectivity index (χ0v) is 10.9. The van der Waals surface area contributed by atoms with Gasteiger partial charge in [-0.05, 0) is 0 Å². The number of aromatic nitrogens is 2. The molecule has 0 fully saturated rings. The lowest BCUT2D eigenvalue weighted by Crippen LogP contribution is -1.98. The molecular weight excluding hydrogens is 248 g/mol. The van der Waals surface area contributed by atoms with Crippen molar-refractivity contribution in [3.63, 3.8) is 0 Å². The van der Waals surface area contributed by atoms with E-state index in [4.69, 9.17) is 5.11 Å². The zero-order valence-electron chi connectivity index (χ0n) is 10.0. The number of carbonyl (C=O) groups is 1. The normalized spacial score (nSPS) is 10.5. The molecule has 0 spiro atoms. The number of carboxylic acid groups (broad SMARTS) is 1. The Labute approximate surface area is 110 Å². The summed E-state index contributed by atoms with van der Waals surface area (Å²) in [6.45, 7) is 0. The summed E-state index contributed by atoms with van der Waals surface area (Å²) >= 11 is 1.38. The second kappa shape index (κ2) is 5.73. The Bertz CT molecular complexity index is 537. The van der Waals surface area contributed by atoms with Crippen LogP contribution in [0.2, 0.25) is 0 Å². The van der Waals surface area contributed by atoms with Gasteiger partial charge in [0.15, 0.2) is 0 Å². The van der Waals surface area contributed by atoms with Crippen LogP contribution in [0, 0.1) is 0 Å². The molecule has 0 aliphatic carbocycles. The van der Waals surface area contributed by atoms with E-state index in [2.05, 4.69) is 5.10 Å². The predicted molar refractivity (Wildman–Crippen MR) is 72.4 cm³/mol. The average Bonchev–Trinajstić information content (AvgIpc) is 2.71. The van der Waals surface area contributed by atoms with Gasteiger partial charge in [-0.15, -0.1) is 11.8 Å². The molecule has 0 aliphatic heterocycles. The molecule has 1 aromatic heterocycles. The molecule has 4 nitrogen and oxygen atoms in total. The lowest BCUT2D eigenvalue weighted by atomic mass is 10.1. The largest absolute Gasteiger partial charge is 0.481 e. The highest BCUT2D eigenvalue weighted by Gasteiger charge is 2.10. The van der Waals surface area contributed by atoms with E-state index in [0.29, 0.717) is 5.75 Å². The van der Waals surface area contributed by atoms with E-state index < -0.39 is 5.97 Å². The third-order valence-corrected chi connectivity index (χ3v) is 3.40. The molecule has 0 aliphatic rings. The van der Waals surface area contributed by atoms with Crippen molar-refractivity contribution < 1.29 is 9.90 Å². The summed E-state index contributed by atoms with van der Waals surface area (Å²) < 4.78 is 1.76. The molecule has 18 heavy (non-hydrogen) atoms. The van der Waals surface area contributed by atoms with Gasteiger partial charge in [0.2, 0.25) is 0 Å². The average molecular weight is 262 g/mol. The van der Waals surface area contributed by atoms with Gasteiger partial charge in [0.25, 0.3) is 0 Å². The van der Waals surface area contributed by atoms with Gasteiger partial charge in [0.05, 0.1) is 11.4 Å². The first-order valence-corrected chi connectivity index (χ1v) is 6.70. The van der Waals surface area contributed by atoms with Gasteiger partial charge in [-0.3, -0.25) is 9.48 Å². The molecule has 0 atom stereocenters. The summed E-state index contributed by atoms with van der Waals surface area (Å²) in [5.41, 5.74) is 3.05. The van der Waals surface area contributed by atoms with Gasteiger partial charge in [-0.2, -0.15) is 5.10 Å². The smallest absolute Gasteiger partial charge is 0.313 e. The van der Waals surface area contributed by atoms with Crippen LogP contribution < -0.4 is 0 Å². The topological polar surface area (TPSA) is 55.1 Å². The van der Waals surface area contributed by atoms with Crippen molar-refractivity contribution >= 4 is 17.7 Å². The van der Waals surface area contributed by atoms with Crippen LogP contribution in [0.3, 0.4) is 0 Å². The van der Waals surface area contributed by atoms with E-state index in [9.17, 15) is 4.79 Å². The van der Waals surface area contributed by atoms with Gasteiger partial charge >= 0.3 is 5.97 Å². The highest BCUT2D eigenvalue weighted by molar-refractivity contribution is 7.99. The highest BCUT2D eigenvalue weighted by atomic mass is 32.2. The molecular formula is C13H14N2O2S. The molecule has 2 aromatic rings. The predicted octanol–water partition coefficient (Wildman–Crippen LogP) is 2.40. The fraction of sp³-hybridized carbons (Fsp3) is 0.231. The van der Waals surface area contributed by atoms with Crippen LogP contribution in [0.25, 0.3) is 11.3 Å². The quantitative estimate of drug-likeness (QED) is 0.899. The van der Waals surface area contributed by atoms with E-state index >= 15 is 0 Å². The first-order chi connectivity index (χ1) is 8.66.